The maximum absolute atomic E-state index is 11.9. The standard InChI is InChI=1S/C16H16F3N5O2/c1-24(10-12-4-2-11(8-20)3-5-12)14-13(21)9-22-15(23-14)25-6-7-26-16(17,18)19/h2-5,9H,6-7,10,21H2,1H3. The Morgan fingerprint density at radius 2 is 1.92 bits per heavy atom. The number of benzene rings is 1. The summed E-state index contributed by atoms with van der Waals surface area (Å²) in [6.07, 6.45) is -3.39. The van der Waals surface area contributed by atoms with Crippen LogP contribution in [0.3, 0.4) is 0 Å². The van der Waals surface area contributed by atoms with Gasteiger partial charge in [-0.05, 0) is 17.7 Å². The summed E-state index contributed by atoms with van der Waals surface area (Å²) in [6.45, 7) is -0.584. The highest BCUT2D eigenvalue weighted by Crippen LogP contribution is 2.22. The van der Waals surface area contributed by atoms with Crippen LogP contribution in [-0.4, -0.2) is 36.6 Å². The van der Waals surface area contributed by atoms with Gasteiger partial charge < -0.3 is 15.4 Å². The van der Waals surface area contributed by atoms with Crippen molar-refractivity contribution in [2.45, 2.75) is 12.9 Å². The zero-order chi connectivity index (χ0) is 19.2. The van der Waals surface area contributed by atoms with Crippen LogP contribution in [0.15, 0.2) is 30.5 Å². The maximum Gasteiger partial charge on any atom is 0.522 e. The molecule has 138 valence electrons. The van der Waals surface area contributed by atoms with Crippen molar-refractivity contribution in [1.82, 2.24) is 9.97 Å². The Balaban J connectivity index is 2.00. The summed E-state index contributed by atoms with van der Waals surface area (Å²) in [5, 5.41) is 8.81. The molecule has 0 fully saturated rings. The lowest BCUT2D eigenvalue weighted by molar-refractivity contribution is -0.325. The summed E-state index contributed by atoms with van der Waals surface area (Å²) >= 11 is 0. The molecule has 0 unspecified atom stereocenters. The Labute approximate surface area is 147 Å². The van der Waals surface area contributed by atoms with Crippen molar-refractivity contribution in [3.05, 3.63) is 41.6 Å². The molecule has 0 amide bonds. The predicted molar refractivity (Wildman–Crippen MR) is 87.2 cm³/mol. The Bertz CT molecular complexity index is 775. The summed E-state index contributed by atoms with van der Waals surface area (Å²) in [5.74, 6) is 0.371. The van der Waals surface area contributed by atoms with Crippen LogP contribution >= 0.6 is 0 Å². The average Bonchev–Trinajstić information content (AvgIpc) is 2.59. The summed E-state index contributed by atoms with van der Waals surface area (Å²) in [6, 6.07) is 8.93. The number of hydrogen-bond acceptors (Lipinski definition) is 7. The van der Waals surface area contributed by atoms with Crippen LogP contribution in [0.25, 0.3) is 0 Å². The highest BCUT2D eigenvalue weighted by atomic mass is 19.4. The van der Waals surface area contributed by atoms with E-state index in [2.05, 4.69) is 14.7 Å². The SMILES string of the molecule is CN(Cc1ccc(C#N)cc1)c1nc(OCCOC(F)(F)F)ncc1N. The minimum Gasteiger partial charge on any atom is -0.461 e. The van der Waals surface area contributed by atoms with Gasteiger partial charge in [-0.25, -0.2) is 4.98 Å². The molecular weight excluding hydrogens is 351 g/mol. The molecule has 1 aromatic heterocycles. The number of anilines is 2. The molecule has 7 nitrogen and oxygen atoms in total. The van der Waals surface area contributed by atoms with Crippen molar-refractivity contribution in [1.29, 1.82) is 5.26 Å². The molecule has 0 saturated carbocycles. The number of hydrogen-bond donors (Lipinski definition) is 1. The van der Waals surface area contributed by atoms with Crippen LogP contribution in [0.4, 0.5) is 24.7 Å². The molecule has 2 N–H and O–H groups in total. The minimum atomic E-state index is -4.71. The molecule has 0 aliphatic carbocycles. The number of alkyl halides is 3. The van der Waals surface area contributed by atoms with E-state index in [9.17, 15) is 13.2 Å². The van der Waals surface area contributed by atoms with E-state index in [1.165, 1.54) is 6.20 Å². The molecule has 2 rings (SSSR count). The van der Waals surface area contributed by atoms with E-state index in [0.717, 1.165) is 5.56 Å². The van der Waals surface area contributed by atoms with Crippen LogP contribution in [0.2, 0.25) is 0 Å². The molecule has 0 spiro atoms. The average molecular weight is 367 g/mol. The summed E-state index contributed by atoms with van der Waals surface area (Å²) in [4.78, 5) is 9.68. The zero-order valence-corrected chi connectivity index (χ0v) is 13.8. The highest BCUT2D eigenvalue weighted by molar-refractivity contribution is 5.61. The second-order valence-electron chi connectivity index (χ2n) is 5.24. The first-order valence-corrected chi connectivity index (χ1v) is 7.44. The summed E-state index contributed by atoms with van der Waals surface area (Å²) < 4.78 is 44.4. The summed E-state index contributed by atoms with van der Waals surface area (Å²) in [5.41, 5.74) is 7.63. The second kappa shape index (κ2) is 8.35. The van der Waals surface area contributed by atoms with E-state index >= 15 is 0 Å². The number of nitrogens with zero attached hydrogens (tertiary/aromatic N) is 4. The van der Waals surface area contributed by atoms with Crippen molar-refractivity contribution in [2.24, 2.45) is 0 Å². The van der Waals surface area contributed by atoms with Gasteiger partial charge in [0.1, 0.15) is 6.61 Å². The van der Waals surface area contributed by atoms with Gasteiger partial charge in [-0.3, -0.25) is 4.74 Å². The van der Waals surface area contributed by atoms with Crippen molar-refractivity contribution in [3.63, 3.8) is 0 Å². The van der Waals surface area contributed by atoms with Gasteiger partial charge in [0, 0.05) is 13.6 Å². The number of nitrogens with two attached hydrogens (primary N) is 1. The first kappa shape index (κ1) is 19.3. The Morgan fingerprint density at radius 1 is 1.23 bits per heavy atom. The number of nitriles is 1. The molecule has 1 aromatic carbocycles. The van der Waals surface area contributed by atoms with Gasteiger partial charge in [0.2, 0.25) is 0 Å². The van der Waals surface area contributed by atoms with Crippen LogP contribution < -0.4 is 15.4 Å². The maximum atomic E-state index is 11.9. The first-order valence-electron chi connectivity index (χ1n) is 7.44. The zero-order valence-electron chi connectivity index (χ0n) is 13.8. The Kier molecular flexibility index (Phi) is 6.19. The molecule has 0 saturated heterocycles. The molecule has 26 heavy (non-hydrogen) atoms. The Hall–Kier alpha value is -3.06. The van der Waals surface area contributed by atoms with Crippen LogP contribution in [0, 0.1) is 11.3 Å². The lowest BCUT2D eigenvalue weighted by Crippen LogP contribution is -2.21. The van der Waals surface area contributed by atoms with Crippen molar-refractivity contribution in [3.8, 4) is 12.1 Å². The van der Waals surface area contributed by atoms with E-state index in [1.807, 2.05) is 6.07 Å². The van der Waals surface area contributed by atoms with E-state index in [4.69, 9.17) is 15.7 Å². The summed E-state index contributed by atoms with van der Waals surface area (Å²) in [7, 11) is 1.74. The second-order valence-corrected chi connectivity index (χ2v) is 5.24. The third kappa shape index (κ3) is 5.78. The Morgan fingerprint density at radius 3 is 2.54 bits per heavy atom. The van der Waals surface area contributed by atoms with E-state index in [-0.39, 0.29) is 12.6 Å². The van der Waals surface area contributed by atoms with Gasteiger partial charge in [-0.1, -0.05) is 12.1 Å². The fraction of sp³-hybridized carbons (Fsp3) is 0.312. The largest absolute Gasteiger partial charge is 0.522 e. The lowest BCUT2D eigenvalue weighted by Gasteiger charge is -2.20. The molecule has 0 aliphatic heterocycles. The van der Waals surface area contributed by atoms with E-state index < -0.39 is 13.0 Å². The van der Waals surface area contributed by atoms with Gasteiger partial charge in [0.15, 0.2) is 5.82 Å². The molecule has 1 heterocycles. The van der Waals surface area contributed by atoms with Crippen molar-refractivity contribution < 1.29 is 22.6 Å². The molecule has 0 aliphatic rings. The lowest BCUT2D eigenvalue weighted by atomic mass is 10.1. The molecule has 0 bridgehead atoms. The smallest absolute Gasteiger partial charge is 0.461 e. The number of halogens is 3. The number of ether oxygens (including phenoxy) is 2. The topological polar surface area (TPSA) is 97.3 Å². The normalized spacial score (nSPS) is 11.0. The van der Waals surface area contributed by atoms with Gasteiger partial charge >= 0.3 is 12.4 Å². The van der Waals surface area contributed by atoms with Crippen molar-refractivity contribution in [2.75, 3.05) is 30.9 Å². The van der Waals surface area contributed by atoms with Crippen LogP contribution in [-0.2, 0) is 11.3 Å². The third-order valence-electron chi connectivity index (χ3n) is 3.22. The quantitative estimate of drug-likeness (QED) is 0.751. The van der Waals surface area contributed by atoms with Gasteiger partial charge in [-0.15, -0.1) is 13.2 Å². The van der Waals surface area contributed by atoms with Crippen LogP contribution in [0.1, 0.15) is 11.1 Å². The molecule has 10 heteroatoms. The molecule has 0 atom stereocenters. The predicted octanol–water partition coefficient (Wildman–Crippen LogP) is 2.48. The monoisotopic (exact) mass is 367 g/mol. The highest BCUT2D eigenvalue weighted by Gasteiger charge is 2.28. The minimum absolute atomic E-state index is 0.105. The van der Waals surface area contributed by atoms with Gasteiger partial charge in [-0.2, -0.15) is 10.2 Å². The van der Waals surface area contributed by atoms with Crippen molar-refractivity contribution >= 4 is 11.5 Å². The van der Waals surface area contributed by atoms with E-state index in [0.29, 0.717) is 23.6 Å². The molecule has 2 aromatic rings. The molecular formula is C16H16F3N5O2. The fourth-order valence-corrected chi connectivity index (χ4v) is 2.07. The number of aromatic nitrogens is 2. The van der Waals surface area contributed by atoms with Gasteiger partial charge in [0.25, 0.3) is 0 Å². The van der Waals surface area contributed by atoms with E-state index in [1.54, 1.807) is 36.2 Å². The third-order valence-corrected chi connectivity index (χ3v) is 3.22. The fourth-order valence-electron chi connectivity index (χ4n) is 2.07. The number of nitrogen functional groups attached to an aromatic ring is 1. The van der Waals surface area contributed by atoms with Crippen LogP contribution in [0.5, 0.6) is 6.01 Å². The first-order chi connectivity index (χ1) is 12.3. The number of rotatable bonds is 7. The molecule has 0 radical (unpaired) electrons. The van der Waals surface area contributed by atoms with Gasteiger partial charge in [0.05, 0.1) is 30.1 Å².